The first kappa shape index (κ1) is 19.9. The lowest BCUT2D eigenvalue weighted by Gasteiger charge is -2.47. The second kappa shape index (κ2) is 8.54. The molecule has 0 unspecified atom stereocenters. The Morgan fingerprint density at radius 2 is 2.00 bits per heavy atom. The van der Waals surface area contributed by atoms with Gasteiger partial charge in [0.25, 0.3) is 0 Å². The van der Waals surface area contributed by atoms with E-state index in [1.54, 1.807) is 13.3 Å². The Kier molecular flexibility index (Phi) is 5.86. The maximum atomic E-state index is 12.6. The number of fused-ring (bicyclic) bond motifs is 1. The minimum atomic E-state index is 0.296. The molecule has 0 bridgehead atoms. The van der Waals surface area contributed by atoms with Crippen molar-refractivity contribution in [3.8, 4) is 5.75 Å². The van der Waals surface area contributed by atoms with E-state index in [0.29, 0.717) is 30.8 Å². The highest BCUT2D eigenvalue weighted by Gasteiger charge is 2.39. The van der Waals surface area contributed by atoms with Crippen LogP contribution in [0.15, 0.2) is 36.7 Å². The lowest BCUT2D eigenvalue weighted by atomic mass is 9.83. The number of nitrogens with zero attached hydrogens (tertiary/aromatic N) is 3. The fourth-order valence-corrected chi connectivity index (χ4v) is 4.95. The van der Waals surface area contributed by atoms with Crippen LogP contribution in [0.25, 0.3) is 0 Å². The minimum Gasteiger partial charge on any atom is -0.496 e. The van der Waals surface area contributed by atoms with Crippen molar-refractivity contribution >= 4 is 5.91 Å². The minimum absolute atomic E-state index is 0.296. The molecule has 5 heteroatoms. The average molecular weight is 394 g/mol. The van der Waals surface area contributed by atoms with Crippen molar-refractivity contribution in [3.63, 3.8) is 0 Å². The number of carbonyl (C=O) groups is 1. The molecule has 1 amide bonds. The zero-order valence-corrected chi connectivity index (χ0v) is 17.7. The van der Waals surface area contributed by atoms with Gasteiger partial charge in [-0.2, -0.15) is 0 Å². The van der Waals surface area contributed by atoms with Gasteiger partial charge in [0.1, 0.15) is 5.75 Å². The normalized spacial score (nSPS) is 22.4. The second-order valence-electron chi connectivity index (χ2n) is 8.45. The number of aromatic nitrogens is 1. The first-order valence-electron chi connectivity index (χ1n) is 10.6. The Bertz CT molecular complexity index is 868. The van der Waals surface area contributed by atoms with Crippen molar-refractivity contribution in [3.05, 3.63) is 58.9 Å². The Hall–Kier alpha value is -2.40. The standard InChI is InChI=1S/C24H31N3O2/c1-17-18(2)23(29-3)8-6-20(17)15-26-12-10-22-21(16-26)7-9-24(28)27(22)14-19-5-4-11-25-13-19/h4-6,8,11,13,21-22H,7,9-10,12,14-16H2,1-3H3/t21-,22+/m1/s1. The van der Waals surface area contributed by atoms with Crippen molar-refractivity contribution in [2.24, 2.45) is 5.92 Å². The number of amides is 1. The maximum Gasteiger partial charge on any atom is 0.223 e. The topological polar surface area (TPSA) is 45.7 Å². The molecule has 2 aliphatic heterocycles. The van der Waals surface area contributed by atoms with Gasteiger partial charge in [-0.3, -0.25) is 14.7 Å². The van der Waals surface area contributed by atoms with Crippen molar-refractivity contribution in [2.75, 3.05) is 20.2 Å². The van der Waals surface area contributed by atoms with Crippen LogP contribution >= 0.6 is 0 Å². The molecule has 5 nitrogen and oxygen atoms in total. The van der Waals surface area contributed by atoms with Gasteiger partial charge >= 0.3 is 0 Å². The first-order valence-corrected chi connectivity index (χ1v) is 10.6. The zero-order chi connectivity index (χ0) is 20.4. The van der Waals surface area contributed by atoms with E-state index >= 15 is 0 Å². The number of ether oxygens (including phenoxy) is 1. The van der Waals surface area contributed by atoms with Crippen LogP contribution in [0.3, 0.4) is 0 Å². The molecule has 2 saturated heterocycles. The molecule has 2 fully saturated rings. The SMILES string of the molecule is COc1ccc(CN2CC[C@H]3[C@H](CCC(=O)N3Cc3cccnc3)C2)c(C)c1C. The quantitative estimate of drug-likeness (QED) is 0.777. The van der Waals surface area contributed by atoms with Gasteiger partial charge in [0.2, 0.25) is 5.91 Å². The van der Waals surface area contributed by atoms with Gasteiger partial charge < -0.3 is 9.64 Å². The van der Waals surface area contributed by atoms with Crippen LogP contribution in [-0.2, 0) is 17.9 Å². The van der Waals surface area contributed by atoms with Crippen LogP contribution in [0.5, 0.6) is 5.75 Å². The third-order valence-electron chi connectivity index (χ3n) is 6.77. The summed E-state index contributed by atoms with van der Waals surface area (Å²) in [6.07, 6.45) is 6.37. The molecule has 2 atom stereocenters. The molecule has 2 aliphatic rings. The van der Waals surface area contributed by atoms with E-state index in [4.69, 9.17) is 4.74 Å². The second-order valence-corrected chi connectivity index (χ2v) is 8.45. The smallest absolute Gasteiger partial charge is 0.223 e. The summed E-state index contributed by atoms with van der Waals surface area (Å²) in [6, 6.07) is 8.65. The predicted molar refractivity (Wildman–Crippen MR) is 114 cm³/mol. The summed E-state index contributed by atoms with van der Waals surface area (Å²) in [7, 11) is 1.73. The van der Waals surface area contributed by atoms with E-state index in [1.165, 1.54) is 16.7 Å². The third kappa shape index (κ3) is 4.15. The number of likely N-dealkylation sites (tertiary alicyclic amines) is 2. The van der Waals surface area contributed by atoms with Crippen LogP contribution in [0.4, 0.5) is 0 Å². The summed E-state index contributed by atoms with van der Waals surface area (Å²) < 4.78 is 5.46. The highest BCUT2D eigenvalue weighted by molar-refractivity contribution is 5.77. The number of benzene rings is 1. The monoisotopic (exact) mass is 393 g/mol. The average Bonchev–Trinajstić information content (AvgIpc) is 2.74. The summed E-state index contributed by atoms with van der Waals surface area (Å²) in [5, 5.41) is 0. The Morgan fingerprint density at radius 1 is 1.14 bits per heavy atom. The number of carbonyl (C=O) groups excluding carboxylic acids is 1. The first-order chi connectivity index (χ1) is 14.1. The summed E-state index contributed by atoms with van der Waals surface area (Å²) >= 11 is 0. The number of rotatable bonds is 5. The van der Waals surface area contributed by atoms with Crippen LogP contribution in [0.2, 0.25) is 0 Å². The van der Waals surface area contributed by atoms with Gasteiger partial charge in [-0.05, 0) is 67.0 Å². The summed E-state index contributed by atoms with van der Waals surface area (Å²) in [4.78, 5) is 21.5. The molecule has 0 radical (unpaired) electrons. The number of pyridine rings is 1. The molecule has 154 valence electrons. The van der Waals surface area contributed by atoms with Gasteiger partial charge in [0, 0.05) is 51.0 Å². The van der Waals surface area contributed by atoms with Gasteiger partial charge in [-0.25, -0.2) is 0 Å². The largest absolute Gasteiger partial charge is 0.496 e. The van der Waals surface area contributed by atoms with Crippen LogP contribution < -0.4 is 4.74 Å². The molecular weight excluding hydrogens is 362 g/mol. The molecule has 4 rings (SSSR count). The Morgan fingerprint density at radius 3 is 2.76 bits per heavy atom. The lowest BCUT2D eigenvalue weighted by Crippen LogP contribution is -2.55. The van der Waals surface area contributed by atoms with E-state index in [-0.39, 0.29) is 0 Å². The predicted octanol–water partition coefficient (Wildman–Crippen LogP) is 3.72. The Balaban J connectivity index is 1.44. The molecule has 3 heterocycles. The van der Waals surface area contributed by atoms with E-state index < -0.39 is 0 Å². The molecule has 0 aliphatic carbocycles. The molecule has 29 heavy (non-hydrogen) atoms. The molecule has 0 spiro atoms. The van der Waals surface area contributed by atoms with E-state index in [0.717, 1.165) is 43.8 Å². The summed E-state index contributed by atoms with van der Waals surface area (Å²) in [5.74, 6) is 1.81. The Labute approximate surface area is 173 Å². The van der Waals surface area contributed by atoms with E-state index in [1.807, 2.05) is 12.3 Å². The van der Waals surface area contributed by atoms with Crippen molar-refractivity contribution < 1.29 is 9.53 Å². The molecule has 0 saturated carbocycles. The van der Waals surface area contributed by atoms with Crippen LogP contribution in [0.1, 0.15) is 41.5 Å². The third-order valence-corrected chi connectivity index (χ3v) is 6.77. The van der Waals surface area contributed by atoms with Gasteiger partial charge in [0.05, 0.1) is 7.11 Å². The fraction of sp³-hybridized carbons (Fsp3) is 0.500. The van der Waals surface area contributed by atoms with Crippen molar-refractivity contribution in [1.82, 2.24) is 14.8 Å². The number of methoxy groups -OCH3 is 1. The van der Waals surface area contributed by atoms with E-state index in [9.17, 15) is 4.79 Å². The molecule has 0 N–H and O–H groups in total. The highest BCUT2D eigenvalue weighted by atomic mass is 16.5. The van der Waals surface area contributed by atoms with Crippen LogP contribution in [0, 0.1) is 19.8 Å². The molecular formula is C24H31N3O2. The van der Waals surface area contributed by atoms with Crippen molar-refractivity contribution in [2.45, 2.75) is 52.2 Å². The lowest BCUT2D eigenvalue weighted by molar-refractivity contribution is -0.142. The number of piperidine rings is 2. The zero-order valence-electron chi connectivity index (χ0n) is 17.7. The van der Waals surface area contributed by atoms with E-state index in [2.05, 4.69) is 46.8 Å². The molecule has 1 aromatic carbocycles. The maximum absolute atomic E-state index is 12.6. The highest BCUT2D eigenvalue weighted by Crippen LogP contribution is 2.33. The van der Waals surface area contributed by atoms with Gasteiger partial charge in [-0.1, -0.05) is 12.1 Å². The van der Waals surface area contributed by atoms with Gasteiger partial charge in [0.15, 0.2) is 0 Å². The van der Waals surface area contributed by atoms with Crippen LogP contribution in [-0.4, -0.2) is 46.9 Å². The molecule has 1 aromatic heterocycles. The van der Waals surface area contributed by atoms with Gasteiger partial charge in [-0.15, -0.1) is 0 Å². The van der Waals surface area contributed by atoms with Crippen molar-refractivity contribution in [1.29, 1.82) is 0 Å². The summed E-state index contributed by atoms with van der Waals surface area (Å²) in [6.45, 7) is 8.07. The number of hydrogen-bond donors (Lipinski definition) is 0. The summed E-state index contributed by atoms with van der Waals surface area (Å²) in [5.41, 5.74) is 5.04. The molecule has 2 aromatic rings. The number of hydrogen-bond acceptors (Lipinski definition) is 4. The fourth-order valence-electron chi connectivity index (χ4n) is 4.95.